The molecule has 0 aliphatic heterocycles. The molecule has 4 heteroatoms. The van der Waals surface area contributed by atoms with Crippen LogP contribution in [0.5, 0.6) is 5.75 Å². The zero-order chi connectivity index (χ0) is 12.6. The van der Waals surface area contributed by atoms with Gasteiger partial charge in [-0.3, -0.25) is 0 Å². The highest BCUT2D eigenvalue weighted by molar-refractivity contribution is 5.80. The summed E-state index contributed by atoms with van der Waals surface area (Å²) in [5.74, 6) is 0.477. The highest BCUT2D eigenvalue weighted by Gasteiger charge is 2.00. The number of hydrogen-bond donors (Lipinski definition) is 1. The van der Waals surface area contributed by atoms with E-state index in [0.717, 1.165) is 5.56 Å². The third-order valence-electron chi connectivity index (χ3n) is 2.12. The van der Waals surface area contributed by atoms with Crippen LogP contribution in [-0.2, 0) is 0 Å². The molecule has 90 valence electrons. The summed E-state index contributed by atoms with van der Waals surface area (Å²) in [7, 11) is 0. The van der Waals surface area contributed by atoms with Crippen LogP contribution < -0.4 is 10.2 Å². The lowest BCUT2D eigenvalue weighted by molar-refractivity contribution is 0.201. The Bertz CT molecular complexity index is 524. The number of benzene rings is 2. The van der Waals surface area contributed by atoms with E-state index in [1.165, 1.54) is 0 Å². The molecule has 0 aliphatic rings. The molecule has 0 heterocycles. The number of ether oxygens (including phenoxy) is 1. The number of nitrogens with one attached hydrogen (secondary N) is 1. The number of rotatable bonds is 3. The van der Waals surface area contributed by atoms with Crippen LogP contribution in [0.15, 0.2) is 65.8 Å². The molecule has 0 saturated carbocycles. The Morgan fingerprint density at radius 1 is 1.00 bits per heavy atom. The van der Waals surface area contributed by atoms with E-state index in [2.05, 4.69) is 10.5 Å². The standard InChI is InChI=1S/C14H12N2O2/c17-14(18-13-9-5-2-6-10-13)16-15-11-12-7-3-1-4-8-12/h1-11H,(H,16,17)/b15-11+. The Kier molecular flexibility index (Phi) is 4.08. The van der Waals surface area contributed by atoms with Crippen LogP contribution in [0.3, 0.4) is 0 Å². The maximum Gasteiger partial charge on any atom is 0.433 e. The highest BCUT2D eigenvalue weighted by atomic mass is 16.6. The zero-order valence-electron chi connectivity index (χ0n) is 9.61. The van der Waals surface area contributed by atoms with Crippen LogP contribution in [-0.4, -0.2) is 12.3 Å². The minimum Gasteiger partial charge on any atom is -0.409 e. The van der Waals surface area contributed by atoms with Gasteiger partial charge >= 0.3 is 6.09 Å². The molecule has 1 N–H and O–H groups in total. The summed E-state index contributed by atoms with van der Waals surface area (Å²) >= 11 is 0. The van der Waals surface area contributed by atoms with Gasteiger partial charge in [0, 0.05) is 0 Å². The van der Waals surface area contributed by atoms with E-state index in [0.29, 0.717) is 5.75 Å². The van der Waals surface area contributed by atoms with E-state index >= 15 is 0 Å². The van der Waals surface area contributed by atoms with Gasteiger partial charge in [-0.15, -0.1) is 0 Å². The van der Waals surface area contributed by atoms with Crippen molar-refractivity contribution >= 4 is 12.3 Å². The van der Waals surface area contributed by atoms with Crippen molar-refractivity contribution in [2.24, 2.45) is 5.10 Å². The molecule has 0 atom stereocenters. The highest BCUT2D eigenvalue weighted by Crippen LogP contribution is 2.07. The largest absolute Gasteiger partial charge is 0.433 e. The Morgan fingerprint density at radius 3 is 2.28 bits per heavy atom. The summed E-state index contributed by atoms with van der Waals surface area (Å²) in [4.78, 5) is 11.4. The fourth-order valence-electron chi connectivity index (χ4n) is 1.32. The fraction of sp³-hybridized carbons (Fsp3) is 0. The van der Waals surface area contributed by atoms with Crippen LogP contribution in [0.25, 0.3) is 0 Å². The molecule has 0 bridgehead atoms. The van der Waals surface area contributed by atoms with E-state index in [1.54, 1.807) is 30.5 Å². The van der Waals surface area contributed by atoms with Gasteiger partial charge in [0.1, 0.15) is 5.75 Å². The van der Waals surface area contributed by atoms with E-state index in [4.69, 9.17) is 4.74 Å². The fourth-order valence-corrected chi connectivity index (χ4v) is 1.32. The first kappa shape index (κ1) is 11.9. The number of nitrogens with zero attached hydrogens (tertiary/aromatic N) is 1. The van der Waals surface area contributed by atoms with Gasteiger partial charge in [-0.05, 0) is 17.7 Å². The Labute approximate surface area is 105 Å². The average molecular weight is 240 g/mol. The van der Waals surface area contributed by atoms with Gasteiger partial charge in [0.15, 0.2) is 0 Å². The smallest absolute Gasteiger partial charge is 0.409 e. The third kappa shape index (κ3) is 3.75. The van der Waals surface area contributed by atoms with Crippen molar-refractivity contribution in [3.05, 3.63) is 66.2 Å². The van der Waals surface area contributed by atoms with Crippen LogP contribution in [0, 0.1) is 0 Å². The van der Waals surface area contributed by atoms with Crippen LogP contribution in [0.1, 0.15) is 5.56 Å². The summed E-state index contributed by atoms with van der Waals surface area (Å²) in [6.45, 7) is 0. The minimum atomic E-state index is -0.617. The number of carbonyl (C=O) groups is 1. The molecule has 0 saturated heterocycles. The Hall–Kier alpha value is -2.62. The molecule has 4 nitrogen and oxygen atoms in total. The lowest BCUT2D eigenvalue weighted by atomic mass is 10.2. The monoisotopic (exact) mass is 240 g/mol. The molecule has 18 heavy (non-hydrogen) atoms. The van der Waals surface area contributed by atoms with E-state index in [1.807, 2.05) is 36.4 Å². The first-order valence-corrected chi connectivity index (χ1v) is 5.45. The number of carbonyl (C=O) groups excluding carboxylic acids is 1. The van der Waals surface area contributed by atoms with E-state index in [-0.39, 0.29) is 0 Å². The SMILES string of the molecule is O=C(N/N=C/c1ccccc1)Oc1ccccc1. The summed E-state index contributed by atoms with van der Waals surface area (Å²) in [5, 5.41) is 3.79. The molecule has 0 fully saturated rings. The van der Waals surface area contributed by atoms with Crippen LogP contribution in [0.2, 0.25) is 0 Å². The van der Waals surface area contributed by atoms with E-state index < -0.39 is 6.09 Å². The van der Waals surface area contributed by atoms with Crippen molar-refractivity contribution in [3.8, 4) is 5.75 Å². The molecular formula is C14H12N2O2. The van der Waals surface area contributed by atoms with Gasteiger partial charge in [-0.2, -0.15) is 5.10 Å². The van der Waals surface area contributed by atoms with Gasteiger partial charge in [0.05, 0.1) is 6.21 Å². The third-order valence-corrected chi connectivity index (χ3v) is 2.12. The second-order valence-electron chi connectivity index (χ2n) is 3.48. The molecular weight excluding hydrogens is 228 g/mol. The number of para-hydroxylation sites is 1. The van der Waals surface area contributed by atoms with Gasteiger partial charge in [0.2, 0.25) is 0 Å². The second-order valence-corrected chi connectivity index (χ2v) is 3.48. The normalized spacial score (nSPS) is 10.2. The number of hydrogen-bond acceptors (Lipinski definition) is 3. The van der Waals surface area contributed by atoms with Gasteiger partial charge in [-0.25, -0.2) is 10.2 Å². The number of hydrazone groups is 1. The topological polar surface area (TPSA) is 50.7 Å². The molecule has 2 aromatic rings. The van der Waals surface area contributed by atoms with Crippen molar-refractivity contribution in [1.82, 2.24) is 5.43 Å². The van der Waals surface area contributed by atoms with Crippen molar-refractivity contribution in [2.75, 3.05) is 0 Å². The molecule has 0 aliphatic carbocycles. The number of amides is 1. The van der Waals surface area contributed by atoms with Crippen molar-refractivity contribution in [1.29, 1.82) is 0 Å². The average Bonchev–Trinajstić information content (AvgIpc) is 2.41. The van der Waals surface area contributed by atoms with Crippen LogP contribution in [0.4, 0.5) is 4.79 Å². The van der Waals surface area contributed by atoms with Gasteiger partial charge in [0.25, 0.3) is 0 Å². The minimum absolute atomic E-state index is 0.477. The molecule has 2 rings (SSSR count). The Balaban J connectivity index is 1.84. The van der Waals surface area contributed by atoms with Crippen molar-refractivity contribution < 1.29 is 9.53 Å². The van der Waals surface area contributed by atoms with Crippen molar-refractivity contribution in [3.63, 3.8) is 0 Å². The second kappa shape index (κ2) is 6.20. The zero-order valence-corrected chi connectivity index (χ0v) is 9.61. The Morgan fingerprint density at radius 2 is 1.61 bits per heavy atom. The van der Waals surface area contributed by atoms with E-state index in [9.17, 15) is 4.79 Å². The summed E-state index contributed by atoms with van der Waals surface area (Å²) < 4.78 is 4.99. The first-order valence-electron chi connectivity index (χ1n) is 5.45. The quantitative estimate of drug-likeness (QED) is 0.662. The first-order chi connectivity index (χ1) is 8.84. The summed E-state index contributed by atoms with van der Waals surface area (Å²) in [6.07, 6.45) is 0.931. The maximum absolute atomic E-state index is 11.4. The van der Waals surface area contributed by atoms with Gasteiger partial charge < -0.3 is 4.74 Å². The lowest BCUT2D eigenvalue weighted by Gasteiger charge is -2.01. The molecule has 0 radical (unpaired) electrons. The van der Waals surface area contributed by atoms with Crippen molar-refractivity contribution in [2.45, 2.75) is 0 Å². The summed E-state index contributed by atoms with van der Waals surface area (Å²) in [6, 6.07) is 18.3. The molecule has 0 unspecified atom stereocenters. The molecule has 0 spiro atoms. The van der Waals surface area contributed by atoms with Crippen LogP contribution >= 0.6 is 0 Å². The predicted octanol–water partition coefficient (Wildman–Crippen LogP) is 2.81. The lowest BCUT2D eigenvalue weighted by Crippen LogP contribution is -2.21. The molecule has 2 aromatic carbocycles. The molecule has 0 aromatic heterocycles. The maximum atomic E-state index is 11.4. The van der Waals surface area contributed by atoms with Gasteiger partial charge in [-0.1, -0.05) is 48.5 Å². The predicted molar refractivity (Wildman–Crippen MR) is 69.6 cm³/mol. The molecule has 1 amide bonds. The summed E-state index contributed by atoms with van der Waals surface area (Å²) in [5.41, 5.74) is 3.19.